The van der Waals surface area contributed by atoms with Crippen molar-refractivity contribution in [1.29, 1.82) is 0 Å². The molecule has 2 heterocycles. The maximum atomic E-state index is 11.1. The first-order chi connectivity index (χ1) is 8.11. The largest absolute Gasteiger partial charge is 0.478 e. The first-order valence-corrected chi connectivity index (χ1v) is 5.50. The molecule has 1 N–H and O–H groups in total. The topological polar surface area (TPSA) is 75.5 Å². The Kier molecular flexibility index (Phi) is 3.23. The van der Waals surface area contributed by atoms with Crippen LogP contribution >= 0.6 is 0 Å². The number of aromatic nitrogens is 2. The molecule has 2 atom stereocenters. The van der Waals surface area contributed by atoms with Crippen molar-refractivity contribution in [3.63, 3.8) is 0 Å². The van der Waals surface area contributed by atoms with E-state index in [0.29, 0.717) is 12.4 Å². The van der Waals surface area contributed by atoms with Gasteiger partial charge in [0.1, 0.15) is 5.56 Å². The highest BCUT2D eigenvalue weighted by Crippen LogP contribution is 2.24. The molecule has 2 rings (SSSR count). The molecule has 1 saturated heterocycles. The number of ether oxygens (including phenoxy) is 1. The first-order valence-electron chi connectivity index (χ1n) is 5.50. The van der Waals surface area contributed by atoms with Gasteiger partial charge >= 0.3 is 5.97 Å². The number of likely N-dealkylation sites (N-methyl/N-ethyl adjacent to an activating group) is 1. The second kappa shape index (κ2) is 4.67. The zero-order valence-corrected chi connectivity index (χ0v) is 9.83. The Morgan fingerprint density at radius 2 is 2.41 bits per heavy atom. The quantitative estimate of drug-likeness (QED) is 0.837. The zero-order valence-electron chi connectivity index (χ0n) is 9.83. The summed E-state index contributed by atoms with van der Waals surface area (Å²) < 4.78 is 5.47. The number of hydrogen-bond acceptors (Lipinski definition) is 5. The van der Waals surface area contributed by atoms with E-state index in [4.69, 9.17) is 9.84 Å². The zero-order chi connectivity index (χ0) is 12.4. The third-order valence-electron chi connectivity index (χ3n) is 3.10. The van der Waals surface area contributed by atoms with Crippen LogP contribution in [0.2, 0.25) is 0 Å². The molecule has 6 nitrogen and oxygen atoms in total. The fourth-order valence-electron chi connectivity index (χ4n) is 2.14. The van der Waals surface area contributed by atoms with Crippen molar-refractivity contribution in [3.05, 3.63) is 17.8 Å². The van der Waals surface area contributed by atoms with E-state index in [9.17, 15) is 4.79 Å². The van der Waals surface area contributed by atoms with E-state index < -0.39 is 5.97 Å². The summed E-state index contributed by atoms with van der Waals surface area (Å²) in [4.78, 5) is 12.9. The summed E-state index contributed by atoms with van der Waals surface area (Å²) in [7, 11) is 1.83. The lowest BCUT2D eigenvalue weighted by atomic mass is 10.1. The molecular weight excluding hydrogens is 222 g/mol. The van der Waals surface area contributed by atoms with E-state index in [1.165, 1.54) is 12.3 Å². The van der Waals surface area contributed by atoms with Crippen molar-refractivity contribution in [2.24, 2.45) is 0 Å². The summed E-state index contributed by atoms with van der Waals surface area (Å²) in [5.41, 5.74) is 0.168. The predicted molar refractivity (Wildman–Crippen MR) is 61.2 cm³/mol. The van der Waals surface area contributed by atoms with Gasteiger partial charge in [0.05, 0.1) is 18.3 Å². The highest BCUT2D eigenvalue weighted by Gasteiger charge is 2.30. The van der Waals surface area contributed by atoms with Crippen molar-refractivity contribution >= 4 is 11.8 Å². The Balaban J connectivity index is 2.30. The molecule has 0 aromatic carbocycles. The normalized spacial score (nSPS) is 23.6. The van der Waals surface area contributed by atoms with Crippen LogP contribution in [0.15, 0.2) is 12.3 Å². The van der Waals surface area contributed by atoms with E-state index >= 15 is 0 Å². The summed E-state index contributed by atoms with van der Waals surface area (Å²) in [5.74, 6) is -0.601. The van der Waals surface area contributed by atoms with Gasteiger partial charge in [-0.1, -0.05) is 0 Å². The van der Waals surface area contributed by atoms with Crippen LogP contribution in [-0.2, 0) is 4.74 Å². The summed E-state index contributed by atoms with van der Waals surface area (Å²) in [6, 6.07) is 1.60. The minimum Gasteiger partial charge on any atom is -0.478 e. The van der Waals surface area contributed by atoms with Crippen molar-refractivity contribution in [2.75, 3.05) is 18.6 Å². The van der Waals surface area contributed by atoms with Gasteiger partial charge in [0.2, 0.25) is 0 Å². The van der Waals surface area contributed by atoms with Gasteiger partial charge in [-0.2, -0.15) is 5.10 Å². The number of carbonyl (C=O) groups is 1. The SMILES string of the molecule is CC1OCCC1N(C)c1nnccc1C(=O)O. The van der Waals surface area contributed by atoms with E-state index in [-0.39, 0.29) is 17.7 Å². The molecule has 1 aromatic heterocycles. The van der Waals surface area contributed by atoms with Gasteiger partial charge in [-0.15, -0.1) is 5.10 Å². The highest BCUT2D eigenvalue weighted by atomic mass is 16.5. The van der Waals surface area contributed by atoms with Crippen molar-refractivity contribution in [2.45, 2.75) is 25.5 Å². The van der Waals surface area contributed by atoms with Gasteiger partial charge in [0.25, 0.3) is 0 Å². The van der Waals surface area contributed by atoms with Crippen LogP contribution in [0, 0.1) is 0 Å². The molecule has 0 saturated carbocycles. The van der Waals surface area contributed by atoms with Crippen LogP contribution < -0.4 is 4.90 Å². The summed E-state index contributed by atoms with van der Waals surface area (Å²) in [6.07, 6.45) is 2.33. The molecule has 0 spiro atoms. The minimum absolute atomic E-state index is 0.0728. The Hall–Kier alpha value is -1.69. The molecule has 0 aliphatic carbocycles. The van der Waals surface area contributed by atoms with Crippen LogP contribution in [0.1, 0.15) is 23.7 Å². The second-order valence-electron chi connectivity index (χ2n) is 4.12. The lowest BCUT2D eigenvalue weighted by Gasteiger charge is -2.28. The van der Waals surface area contributed by atoms with Crippen LogP contribution in [0.3, 0.4) is 0 Å². The lowest BCUT2D eigenvalue weighted by molar-refractivity contribution is 0.0696. The average Bonchev–Trinajstić information content (AvgIpc) is 2.74. The number of rotatable bonds is 3. The Morgan fingerprint density at radius 1 is 1.65 bits per heavy atom. The van der Waals surface area contributed by atoms with Gasteiger partial charge in [-0.25, -0.2) is 4.79 Å². The smallest absolute Gasteiger partial charge is 0.339 e. The van der Waals surface area contributed by atoms with Gasteiger partial charge in [-0.3, -0.25) is 0 Å². The van der Waals surface area contributed by atoms with Crippen LogP contribution in [-0.4, -0.2) is 47.1 Å². The lowest BCUT2D eigenvalue weighted by Crippen LogP contribution is -2.38. The standard InChI is InChI=1S/C11H15N3O3/c1-7-9(4-6-17-7)14(2)10-8(11(15)16)3-5-12-13-10/h3,5,7,9H,4,6H2,1-2H3,(H,15,16). The summed E-state index contributed by atoms with van der Waals surface area (Å²) >= 11 is 0. The molecule has 1 fully saturated rings. The molecule has 0 amide bonds. The van der Waals surface area contributed by atoms with E-state index in [2.05, 4.69) is 10.2 Å². The third-order valence-corrected chi connectivity index (χ3v) is 3.10. The van der Waals surface area contributed by atoms with Crippen LogP contribution in [0.4, 0.5) is 5.82 Å². The third kappa shape index (κ3) is 2.21. The highest BCUT2D eigenvalue weighted by molar-refractivity contribution is 5.93. The maximum Gasteiger partial charge on any atom is 0.339 e. The monoisotopic (exact) mass is 237 g/mol. The number of aromatic carboxylic acids is 1. The molecule has 1 aromatic rings. The van der Waals surface area contributed by atoms with Gasteiger partial charge in [0, 0.05) is 13.7 Å². The van der Waals surface area contributed by atoms with Gasteiger partial charge in [0.15, 0.2) is 5.82 Å². The molecule has 92 valence electrons. The van der Waals surface area contributed by atoms with E-state index in [1.54, 1.807) is 0 Å². The predicted octanol–water partition coefficient (Wildman–Crippen LogP) is 0.788. The molecule has 1 aliphatic heterocycles. The Bertz CT molecular complexity index is 424. The molecule has 17 heavy (non-hydrogen) atoms. The fraction of sp³-hybridized carbons (Fsp3) is 0.545. The molecular formula is C11H15N3O3. The van der Waals surface area contributed by atoms with E-state index in [1.807, 2.05) is 18.9 Å². The van der Waals surface area contributed by atoms with Gasteiger partial charge in [-0.05, 0) is 19.4 Å². The van der Waals surface area contributed by atoms with E-state index in [0.717, 1.165) is 6.42 Å². The number of carboxylic acids is 1. The van der Waals surface area contributed by atoms with Crippen molar-refractivity contribution in [1.82, 2.24) is 10.2 Å². The number of hydrogen-bond donors (Lipinski definition) is 1. The number of carboxylic acid groups (broad SMARTS) is 1. The molecule has 0 radical (unpaired) electrons. The molecule has 1 aliphatic rings. The summed E-state index contributed by atoms with van der Waals surface area (Å²) in [5, 5.41) is 16.8. The molecule has 2 unspecified atom stereocenters. The number of anilines is 1. The summed E-state index contributed by atoms with van der Waals surface area (Å²) in [6.45, 7) is 2.67. The second-order valence-corrected chi connectivity index (χ2v) is 4.12. The number of nitrogens with zero attached hydrogens (tertiary/aromatic N) is 3. The Labute approximate surface area is 99.2 Å². The van der Waals surface area contributed by atoms with Crippen LogP contribution in [0.5, 0.6) is 0 Å². The average molecular weight is 237 g/mol. The van der Waals surface area contributed by atoms with Gasteiger partial charge < -0.3 is 14.7 Å². The van der Waals surface area contributed by atoms with Crippen molar-refractivity contribution < 1.29 is 14.6 Å². The Morgan fingerprint density at radius 3 is 3.00 bits per heavy atom. The maximum absolute atomic E-state index is 11.1. The molecule has 0 bridgehead atoms. The first kappa shape index (κ1) is 11.8. The minimum atomic E-state index is -0.992. The molecule has 6 heteroatoms. The van der Waals surface area contributed by atoms with Crippen molar-refractivity contribution in [3.8, 4) is 0 Å². The fourth-order valence-corrected chi connectivity index (χ4v) is 2.14. The van der Waals surface area contributed by atoms with Crippen LogP contribution in [0.25, 0.3) is 0 Å².